The van der Waals surface area contributed by atoms with Crippen LogP contribution in [0.3, 0.4) is 0 Å². The van der Waals surface area contributed by atoms with Crippen LogP contribution in [0.4, 0.5) is 8.78 Å². The highest BCUT2D eigenvalue weighted by Crippen LogP contribution is 2.22. The molecule has 100 valence electrons. The van der Waals surface area contributed by atoms with Crippen molar-refractivity contribution < 1.29 is 13.5 Å². The van der Waals surface area contributed by atoms with Crippen molar-refractivity contribution in [3.8, 4) is 5.75 Å². The highest BCUT2D eigenvalue weighted by atomic mass is 19.2. The number of hydrogen-bond acceptors (Lipinski definition) is 3. The second-order valence-electron chi connectivity index (χ2n) is 4.40. The van der Waals surface area contributed by atoms with Crippen molar-refractivity contribution in [1.29, 1.82) is 0 Å². The lowest BCUT2D eigenvalue weighted by molar-refractivity contribution is 0.242. The van der Waals surface area contributed by atoms with Crippen LogP contribution in [-0.2, 0) is 6.42 Å². The Morgan fingerprint density at radius 3 is 2.61 bits per heavy atom. The van der Waals surface area contributed by atoms with Crippen LogP contribution in [0.2, 0.25) is 0 Å². The van der Waals surface area contributed by atoms with Crippen molar-refractivity contribution in [2.24, 2.45) is 0 Å². The zero-order chi connectivity index (χ0) is 13.0. The quantitative estimate of drug-likeness (QED) is 0.882. The third-order valence-corrected chi connectivity index (χ3v) is 3.25. The smallest absolute Gasteiger partial charge is 0.200 e. The van der Waals surface area contributed by atoms with E-state index in [9.17, 15) is 8.78 Å². The standard InChI is InChI=1S/C13H18F2N2O/c1-18-11-3-2-10(12(14)13(11)15)4-7-17-8-5-16-6-9-17/h2-3,16H,4-9H2,1H3. The van der Waals surface area contributed by atoms with Gasteiger partial charge in [0.1, 0.15) is 0 Å². The van der Waals surface area contributed by atoms with Crippen molar-refractivity contribution in [3.05, 3.63) is 29.3 Å². The monoisotopic (exact) mass is 256 g/mol. The first kappa shape index (κ1) is 13.2. The Labute approximate surface area is 106 Å². The summed E-state index contributed by atoms with van der Waals surface area (Å²) in [7, 11) is 1.33. The molecule has 0 bridgehead atoms. The molecule has 1 saturated heterocycles. The number of piperazine rings is 1. The molecule has 1 aromatic rings. The summed E-state index contributed by atoms with van der Waals surface area (Å²) in [5, 5.41) is 3.26. The number of halogens is 2. The van der Waals surface area contributed by atoms with Crippen molar-refractivity contribution in [1.82, 2.24) is 10.2 Å². The first-order valence-electron chi connectivity index (χ1n) is 6.16. The zero-order valence-corrected chi connectivity index (χ0v) is 10.5. The van der Waals surface area contributed by atoms with Crippen LogP contribution in [0.5, 0.6) is 5.75 Å². The fourth-order valence-corrected chi connectivity index (χ4v) is 2.14. The van der Waals surface area contributed by atoms with Gasteiger partial charge in [0, 0.05) is 32.7 Å². The second kappa shape index (κ2) is 6.11. The van der Waals surface area contributed by atoms with Crippen LogP contribution >= 0.6 is 0 Å². The normalized spacial score (nSPS) is 16.8. The summed E-state index contributed by atoms with van der Waals surface area (Å²) < 4.78 is 32.0. The van der Waals surface area contributed by atoms with Crippen molar-refractivity contribution in [3.63, 3.8) is 0 Å². The van der Waals surface area contributed by atoms with E-state index in [0.717, 1.165) is 32.7 Å². The SMILES string of the molecule is COc1ccc(CCN2CCNCC2)c(F)c1F. The number of methoxy groups -OCH3 is 1. The van der Waals surface area contributed by atoms with Gasteiger partial charge in [-0.2, -0.15) is 4.39 Å². The molecule has 2 rings (SSSR count). The van der Waals surface area contributed by atoms with E-state index >= 15 is 0 Å². The van der Waals surface area contributed by atoms with E-state index in [1.54, 1.807) is 6.07 Å². The third kappa shape index (κ3) is 2.97. The molecule has 1 N–H and O–H groups in total. The van der Waals surface area contributed by atoms with Crippen LogP contribution < -0.4 is 10.1 Å². The highest BCUT2D eigenvalue weighted by molar-refractivity contribution is 5.31. The number of nitrogens with one attached hydrogen (secondary N) is 1. The van der Waals surface area contributed by atoms with Gasteiger partial charge in [-0.25, -0.2) is 4.39 Å². The van der Waals surface area contributed by atoms with Gasteiger partial charge in [0.15, 0.2) is 11.6 Å². The van der Waals surface area contributed by atoms with Crippen LogP contribution in [0.25, 0.3) is 0 Å². The summed E-state index contributed by atoms with van der Waals surface area (Å²) in [6.07, 6.45) is 0.521. The average Bonchev–Trinajstić information content (AvgIpc) is 2.42. The van der Waals surface area contributed by atoms with E-state index in [2.05, 4.69) is 10.2 Å². The molecule has 3 nitrogen and oxygen atoms in total. The van der Waals surface area contributed by atoms with Gasteiger partial charge in [-0.05, 0) is 18.1 Å². The summed E-state index contributed by atoms with van der Waals surface area (Å²) in [5.74, 6) is -1.72. The van der Waals surface area contributed by atoms with Crippen molar-refractivity contribution >= 4 is 0 Å². The molecule has 1 heterocycles. The average molecular weight is 256 g/mol. The van der Waals surface area contributed by atoms with Gasteiger partial charge in [0.2, 0.25) is 5.82 Å². The molecule has 0 atom stereocenters. The highest BCUT2D eigenvalue weighted by Gasteiger charge is 2.15. The molecule has 0 saturated carbocycles. The van der Waals surface area contributed by atoms with Gasteiger partial charge in [0.05, 0.1) is 7.11 Å². The summed E-state index contributed by atoms with van der Waals surface area (Å²) in [4.78, 5) is 2.25. The Hall–Kier alpha value is -1.20. The molecule has 1 aliphatic rings. The summed E-state index contributed by atoms with van der Waals surface area (Å²) >= 11 is 0. The van der Waals surface area contributed by atoms with E-state index in [1.165, 1.54) is 13.2 Å². The Morgan fingerprint density at radius 1 is 1.22 bits per heavy atom. The lowest BCUT2D eigenvalue weighted by Gasteiger charge is -2.27. The number of benzene rings is 1. The van der Waals surface area contributed by atoms with Gasteiger partial charge < -0.3 is 15.0 Å². The molecule has 0 aliphatic carbocycles. The first-order chi connectivity index (χ1) is 8.72. The second-order valence-corrected chi connectivity index (χ2v) is 4.40. The fourth-order valence-electron chi connectivity index (χ4n) is 2.14. The minimum absolute atomic E-state index is 0.0431. The lowest BCUT2D eigenvalue weighted by atomic mass is 10.1. The van der Waals surface area contributed by atoms with E-state index in [-0.39, 0.29) is 5.75 Å². The Morgan fingerprint density at radius 2 is 1.94 bits per heavy atom. The minimum atomic E-state index is -0.893. The van der Waals surface area contributed by atoms with Crippen LogP contribution in [0.1, 0.15) is 5.56 Å². The van der Waals surface area contributed by atoms with E-state index in [4.69, 9.17) is 4.74 Å². The molecule has 0 aromatic heterocycles. The Bertz CT molecular complexity index is 406. The molecule has 0 radical (unpaired) electrons. The maximum atomic E-state index is 13.7. The predicted octanol–water partition coefficient (Wildman–Crippen LogP) is 1.42. The largest absolute Gasteiger partial charge is 0.494 e. The van der Waals surface area contributed by atoms with Gasteiger partial charge >= 0.3 is 0 Å². The van der Waals surface area contributed by atoms with E-state index in [1.807, 2.05) is 0 Å². The molecule has 1 aromatic carbocycles. The number of nitrogens with zero attached hydrogens (tertiary/aromatic N) is 1. The first-order valence-corrected chi connectivity index (χ1v) is 6.16. The van der Waals surface area contributed by atoms with Gasteiger partial charge in [-0.3, -0.25) is 0 Å². The molecule has 0 unspecified atom stereocenters. The third-order valence-electron chi connectivity index (χ3n) is 3.25. The molecule has 1 aliphatic heterocycles. The molecule has 18 heavy (non-hydrogen) atoms. The maximum absolute atomic E-state index is 13.7. The van der Waals surface area contributed by atoms with E-state index < -0.39 is 11.6 Å². The van der Waals surface area contributed by atoms with Crippen molar-refractivity contribution in [2.45, 2.75) is 6.42 Å². The van der Waals surface area contributed by atoms with Crippen LogP contribution in [-0.4, -0.2) is 44.7 Å². The number of hydrogen-bond donors (Lipinski definition) is 1. The summed E-state index contributed by atoms with van der Waals surface area (Å²) in [6.45, 7) is 4.59. The summed E-state index contributed by atoms with van der Waals surface area (Å²) in [6, 6.07) is 3.07. The van der Waals surface area contributed by atoms with Crippen molar-refractivity contribution in [2.75, 3.05) is 39.8 Å². The Balaban J connectivity index is 1.98. The molecule has 5 heteroatoms. The van der Waals surface area contributed by atoms with E-state index in [0.29, 0.717) is 12.0 Å². The molecule has 1 fully saturated rings. The maximum Gasteiger partial charge on any atom is 0.200 e. The predicted molar refractivity (Wildman–Crippen MR) is 65.9 cm³/mol. The summed E-state index contributed by atoms with van der Waals surface area (Å²) in [5.41, 5.74) is 0.409. The zero-order valence-electron chi connectivity index (χ0n) is 10.5. The molecular formula is C13H18F2N2O. The fraction of sp³-hybridized carbons (Fsp3) is 0.538. The van der Waals surface area contributed by atoms with Crippen LogP contribution in [0, 0.1) is 11.6 Å². The minimum Gasteiger partial charge on any atom is -0.494 e. The lowest BCUT2D eigenvalue weighted by Crippen LogP contribution is -2.44. The number of rotatable bonds is 4. The Kier molecular flexibility index (Phi) is 4.49. The molecular weight excluding hydrogens is 238 g/mol. The van der Waals surface area contributed by atoms with Gasteiger partial charge in [0.25, 0.3) is 0 Å². The molecule has 0 spiro atoms. The number of ether oxygens (including phenoxy) is 1. The van der Waals surface area contributed by atoms with Gasteiger partial charge in [-0.15, -0.1) is 0 Å². The van der Waals surface area contributed by atoms with Gasteiger partial charge in [-0.1, -0.05) is 6.07 Å². The van der Waals surface area contributed by atoms with Crippen LogP contribution in [0.15, 0.2) is 12.1 Å². The molecule has 0 amide bonds. The topological polar surface area (TPSA) is 24.5 Å².